The molecule has 1 amide bonds. The molecular weight excluding hydrogens is 527 g/mol. The first kappa shape index (κ1) is 25.9. The molecular formula is C23H18F7N5O3. The number of hydrogen-bond donors (Lipinski definition) is 1. The van der Waals surface area contributed by atoms with Crippen molar-refractivity contribution in [3.05, 3.63) is 58.0 Å². The predicted molar refractivity (Wildman–Crippen MR) is 118 cm³/mol. The molecule has 1 N–H and O–H groups in total. The molecule has 0 radical (unpaired) electrons. The van der Waals surface area contributed by atoms with E-state index in [0.717, 1.165) is 10.8 Å². The van der Waals surface area contributed by atoms with Crippen LogP contribution in [0.2, 0.25) is 0 Å². The first-order valence-corrected chi connectivity index (χ1v) is 11.2. The second-order valence-electron chi connectivity index (χ2n) is 9.41. The smallest absolute Gasteiger partial charge is 0.380 e. The van der Waals surface area contributed by atoms with Gasteiger partial charge in [-0.1, -0.05) is 0 Å². The summed E-state index contributed by atoms with van der Waals surface area (Å²) in [6.45, 7) is 2.79. The molecule has 202 valence electrons. The second-order valence-corrected chi connectivity index (χ2v) is 9.41. The Bertz CT molecular complexity index is 1500. The quantitative estimate of drug-likeness (QED) is 0.496. The van der Waals surface area contributed by atoms with Gasteiger partial charge in [-0.25, -0.2) is 18.7 Å². The zero-order valence-corrected chi connectivity index (χ0v) is 19.5. The number of hydrogen-bond acceptors (Lipinski definition) is 6. The van der Waals surface area contributed by atoms with Crippen LogP contribution in [-0.2, 0) is 4.74 Å². The molecule has 2 saturated heterocycles. The van der Waals surface area contributed by atoms with Crippen LogP contribution in [0.5, 0.6) is 0 Å². The van der Waals surface area contributed by atoms with Crippen LogP contribution < -0.4 is 15.6 Å². The molecule has 0 saturated carbocycles. The fourth-order valence-electron chi connectivity index (χ4n) is 4.39. The minimum Gasteiger partial charge on any atom is -0.380 e. The number of ether oxygens (including phenoxy) is 1. The van der Waals surface area contributed by atoms with Gasteiger partial charge >= 0.3 is 12.1 Å². The number of carbonyl (C=O) groups is 1. The summed E-state index contributed by atoms with van der Waals surface area (Å²) in [5.41, 5.74) is -2.12. The van der Waals surface area contributed by atoms with Gasteiger partial charge in [0.05, 0.1) is 36.3 Å². The standard InChI is InChI=1S/C23H18F7N5O3/c1-11(22(26,27)23(28,29)30)32-20(37)14-6-35(19-15(25)4-12(24)5-31-19)18-13(17(14)36)2-3-16(33-18)34-7-21(8-34)9-38-10-21/h2-6,11H,7-10H2,1H3,(H,32,37). The molecule has 8 nitrogen and oxygen atoms in total. The summed E-state index contributed by atoms with van der Waals surface area (Å²) >= 11 is 0. The van der Waals surface area contributed by atoms with Gasteiger partial charge in [0.15, 0.2) is 17.3 Å². The minimum atomic E-state index is -5.97. The predicted octanol–water partition coefficient (Wildman–Crippen LogP) is 3.21. The maximum atomic E-state index is 14.7. The van der Waals surface area contributed by atoms with E-state index in [4.69, 9.17) is 4.74 Å². The van der Waals surface area contributed by atoms with Gasteiger partial charge in [-0.3, -0.25) is 14.2 Å². The Morgan fingerprint density at radius 3 is 2.42 bits per heavy atom. The summed E-state index contributed by atoms with van der Waals surface area (Å²) in [4.78, 5) is 35.8. The third kappa shape index (κ3) is 4.14. The summed E-state index contributed by atoms with van der Waals surface area (Å²) in [6.07, 6.45) is -4.59. The SMILES string of the molecule is CC(NC(=O)c1cn(-c2ncc(F)cc2F)c2nc(N3CC4(COC4)C3)ccc2c1=O)C(F)(F)C(F)(F)F. The molecule has 5 rings (SSSR count). The minimum absolute atomic E-state index is 0.00194. The van der Waals surface area contributed by atoms with Crippen molar-refractivity contribution in [2.45, 2.75) is 25.1 Å². The Morgan fingerprint density at radius 2 is 1.84 bits per heavy atom. The van der Waals surface area contributed by atoms with Crippen LogP contribution in [0.1, 0.15) is 17.3 Å². The third-order valence-corrected chi connectivity index (χ3v) is 6.56. The number of fused-ring (bicyclic) bond motifs is 1. The van der Waals surface area contributed by atoms with Gasteiger partial charge in [0, 0.05) is 25.4 Å². The number of rotatable bonds is 5. The second kappa shape index (κ2) is 8.64. The maximum Gasteiger partial charge on any atom is 0.455 e. The molecule has 2 aliphatic rings. The number of amides is 1. The number of carbonyl (C=O) groups excluding carboxylic acids is 1. The highest BCUT2D eigenvalue weighted by Gasteiger charge is 2.61. The van der Waals surface area contributed by atoms with Gasteiger partial charge in [0.25, 0.3) is 5.91 Å². The highest BCUT2D eigenvalue weighted by Crippen LogP contribution is 2.40. The average Bonchev–Trinajstić information content (AvgIpc) is 2.77. The van der Waals surface area contributed by atoms with Crippen molar-refractivity contribution in [2.75, 3.05) is 31.2 Å². The lowest BCUT2D eigenvalue weighted by Gasteiger charge is -2.55. The van der Waals surface area contributed by atoms with Crippen molar-refractivity contribution in [2.24, 2.45) is 5.41 Å². The van der Waals surface area contributed by atoms with Crippen molar-refractivity contribution < 1.29 is 40.3 Å². The molecule has 15 heteroatoms. The molecule has 0 aliphatic carbocycles. The topological polar surface area (TPSA) is 89.3 Å². The van der Waals surface area contributed by atoms with E-state index in [9.17, 15) is 40.3 Å². The van der Waals surface area contributed by atoms with Gasteiger partial charge in [-0.05, 0) is 19.1 Å². The van der Waals surface area contributed by atoms with Crippen LogP contribution >= 0.6 is 0 Å². The van der Waals surface area contributed by atoms with Gasteiger partial charge in [0.1, 0.15) is 17.2 Å². The molecule has 0 aromatic carbocycles. The number of halogens is 7. The summed E-state index contributed by atoms with van der Waals surface area (Å²) in [5, 5.41) is 1.21. The molecule has 5 heterocycles. The Hall–Kier alpha value is -3.75. The average molecular weight is 545 g/mol. The largest absolute Gasteiger partial charge is 0.455 e. The van der Waals surface area contributed by atoms with E-state index in [0.29, 0.717) is 51.3 Å². The number of nitrogens with one attached hydrogen (secondary N) is 1. The summed E-state index contributed by atoms with van der Waals surface area (Å²) < 4.78 is 99.9. The lowest BCUT2D eigenvalue weighted by Crippen LogP contribution is -2.66. The first-order valence-electron chi connectivity index (χ1n) is 11.2. The van der Waals surface area contributed by atoms with Crippen molar-refractivity contribution >= 4 is 22.8 Å². The molecule has 3 aromatic rings. The van der Waals surface area contributed by atoms with Crippen LogP contribution in [-0.4, -0.2) is 64.9 Å². The number of aromatic nitrogens is 3. The molecule has 3 aromatic heterocycles. The van der Waals surface area contributed by atoms with E-state index in [2.05, 4.69) is 9.97 Å². The van der Waals surface area contributed by atoms with Crippen LogP contribution in [0.15, 0.2) is 35.4 Å². The van der Waals surface area contributed by atoms with Gasteiger partial charge in [0.2, 0.25) is 5.43 Å². The molecule has 2 fully saturated rings. The third-order valence-electron chi connectivity index (χ3n) is 6.56. The molecule has 38 heavy (non-hydrogen) atoms. The molecule has 0 bridgehead atoms. The van der Waals surface area contributed by atoms with Crippen molar-refractivity contribution in [1.29, 1.82) is 0 Å². The number of nitrogens with zero attached hydrogens (tertiary/aromatic N) is 4. The zero-order valence-electron chi connectivity index (χ0n) is 19.5. The van der Waals surface area contributed by atoms with E-state index in [1.54, 1.807) is 0 Å². The Balaban J connectivity index is 1.60. The molecule has 2 aliphatic heterocycles. The number of pyridine rings is 3. The zero-order chi connectivity index (χ0) is 27.6. The Morgan fingerprint density at radius 1 is 1.16 bits per heavy atom. The lowest BCUT2D eigenvalue weighted by molar-refractivity contribution is -0.290. The number of alkyl halides is 5. The van der Waals surface area contributed by atoms with Crippen LogP contribution in [0, 0.1) is 17.0 Å². The maximum absolute atomic E-state index is 14.7. The fourth-order valence-corrected chi connectivity index (χ4v) is 4.39. The van der Waals surface area contributed by atoms with E-state index in [-0.39, 0.29) is 16.4 Å². The molecule has 1 atom stereocenters. The summed E-state index contributed by atoms with van der Waals surface area (Å²) in [6, 6.07) is 0.466. The van der Waals surface area contributed by atoms with E-state index >= 15 is 0 Å². The van der Waals surface area contributed by atoms with E-state index < -0.39 is 52.5 Å². The highest BCUT2D eigenvalue weighted by atomic mass is 19.4. The Labute approximate surface area is 209 Å². The van der Waals surface area contributed by atoms with Gasteiger partial charge in [-0.2, -0.15) is 22.0 Å². The van der Waals surface area contributed by atoms with Crippen molar-refractivity contribution in [3.63, 3.8) is 0 Å². The highest BCUT2D eigenvalue weighted by molar-refractivity contribution is 5.97. The Kier molecular flexibility index (Phi) is 5.89. The number of anilines is 1. The normalized spacial score (nSPS) is 17.7. The van der Waals surface area contributed by atoms with Crippen molar-refractivity contribution in [1.82, 2.24) is 19.9 Å². The summed E-state index contributed by atoms with van der Waals surface area (Å²) in [7, 11) is 0. The molecule has 1 unspecified atom stereocenters. The first-order chi connectivity index (χ1) is 17.7. The van der Waals surface area contributed by atoms with E-state index in [1.807, 2.05) is 4.90 Å². The molecule has 1 spiro atoms. The summed E-state index contributed by atoms with van der Waals surface area (Å²) in [5.74, 6) is -9.31. The van der Waals surface area contributed by atoms with Crippen LogP contribution in [0.25, 0.3) is 16.9 Å². The monoisotopic (exact) mass is 545 g/mol. The fraction of sp³-hybridized carbons (Fsp3) is 0.391. The van der Waals surface area contributed by atoms with Crippen LogP contribution in [0.4, 0.5) is 36.6 Å². The van der Waals surface area contributed by atoms with Crippen molar-refractivity contribution in [3.8, 4) is 5.82 Å². The van der Waals surface area contributed by atoms with Gasteiger partial charge in [-0.15, -0.1) is 0 Å². The van der Waals surface area contributed by atoms with E-state index in [1.165, 1.54) is 17.4 Å². The van der Waals surface area contributed by atoms with Gasteiger partial charge < -0.3 is 15.0 Å². The van der Waals surface area contributed by atoms with Crippen LogP contribution in [0.3, 0.4) is 0 Å². The lowest BCUT2D eigenvalue weighted by atomic mass is 9.78.